The van der Waals surface area contributed by atoms with Crippen molar-refractivity contribution < 1.29 is 13.2 Å². The molecule has 0 aliphatic carbocycles. The highest BCUT2D eigenvalue weighted by molar-refractivity contribution is 14.1. The number of nitrogens with two attached hydrogens (primary N) is 1. The molecule has 0 aliphatic heterocycles. The number of nitrogens with zero attached hydrogens (tertiary/aromatic N) is 1. The molecule has 0 unspecified atom stereocenters. The molecule has 0 aliphatic rings. The van der Waals surface area contributed by atoms with Crippen LogP contribution < -0.4 is 11.1 Å². The molecule has 3 N–H and O–H groups in total. The lowest BCUT2D eigenvalue weighted by Gasteiger charge is -2.18. The van der Waals surface area contributed by atoms with Crippen molar-refractivity contribution in [1.29, 1.82) is 0 Å². The summed E-state index contributed by atoms with van der Waals surface area (Å²) in [5.74, 6) is -0.178. The van der Waals surface area contributed by atoms with Crippen molar-refractivity contribution in [3.8, 4) is 0 Å². The second-order valence-electron chi connectivity index (χ2n) is 5.18. The summed E-state index contributed by atoms with van der Waals surface area (Å²) in [5, 5.41) is 2.51. The maximum atomic E-state index is 11.9. The number of anilines is 2. The fourth-order valence-corrected chi connectivity index (χ4v) is 2.58. The van der Waals surface area contributed by atoms with Crippen molar-refractivity contribution in [3.63, 3.8) is 0 Å². The number of hydrogen-bond acceptors (Lipinski definition) is 5. The van der Waals surface area contributed by atoms with Gasteiger partial charge in [0.15, 0.2) is 15.7 Å². The number of halogens is 1. The molecule has 6 nitrogen and oxygen atoms in total. The second kappa shape index (κ2) is 5.23. The first-order valence-electron chi connectivity index (χ1n) is 5.40. The standard InChI is InChI=1S/C11H16IN3O3S/c1-11(2,3)10(16)15-9-7(19(4,17)18)5-6(12)8(13)14-9/h5H,1-4H3,(H3,13,14,15,16). The molecule has 0 radical (unpaired) electrons. The minimum atomic E-state index is -3.50. The van der Waals surface area contributed by atoms with Gasteiger partial charge in [0.2, 0.25) is 5.91 Å². The van der Waals surface area contributed by atoms with Gasteiger partial charge < -0.3 is 11.1 Å². The summed E-state index contributed by atoms with van der Waals surface area (Å²) in [6, 6.07) is 1.40. The van der Waals surface area contributed by atoms with Gasteiger partial charge in [-0.1, -0.05) is 20.8 Å². The van der Waals surface area contributed by atoms with Crippen LogP contribution in [0, 0.1) is 8.99 Å². The third-order valence-corrected chi connectivity index (χ3v) is 4.25. The Morgan fingerprint density at radius 3 is 2.37 bits per heavy atom. The fraction of sp³-hybridized carbons (Fsp3) is 0.455. The van der Waals surface area contributed by atoms with Crippen LogP contribution in [0.5, 0.6) is 0 Å². The molecule has 19 heavy (non-hydrogen) atoms. The molecule has 1 rings (SSSR count). The van der Waals surface area contributed by atoms with E-state index in [1.54, 1.807) is 20.8 Å². The summed E-state index contributed by atoms with van der Waals surface area (Å²) in [4.78, 5) is 15.8. The van der Waals surface area contributed by atoms with Gasteiger partial charge in [-0.25, -0.2) is 13.4 Å². The van der Waals surface area contributed by atoms with Crippen molar-refractivity contribution in [2.45, 2.75) is 25.7 Å². The van der Waals surface area contributed by atoms with Gasteiger partial charge in [0.1, 0.15) is 10.7 Å². The Bertz CT molecular complexity index is 621. The molecule has 0 fully saturated rings. The van der Waals surface area contributed by atoms with Crippen molar-refractivity contribution in [1.82, 2.24) is 4.98 Å². The molecule has 1 amide bonds. The van der Waals surface area contributed by atoms with Crippen molar-refractivity contribution in [2.75, 3.05) is 17.3 Å². The lowest BCUT2D eigenvalue weighted by molar-refractivity contribution is -0.123. The predicted molar refractivity (Wildman–Crippen MR) is 82.6 cm³/mol. The van der Waals surface area contributed by atoms with Gasteiger partial charge in [0.05, 0.1) is 3.57 Å². The smallest absolute Gasteiger partial charge is 0.230 e. The Morgan fingerprint density at radius 1 is 1.42 bits per heavy atom. The Hall–Kier alpha value is -0.900. The number of hydrogen-bond donors (Lipinski definition) is 2. The zero-order valence-electron chi connectivity index (χ0n) is 11.1. The molecular formula is C11H16IN3O3S. The SMILES string of the molecule is CC(C)(C)C(=O)Nc1nc(N)c(I)cc1S(C)(=O)=O. The average Bonchev–Trinajstić information content (AvgIpc) is 2.19. The zero-order valence-corrected chi connectivity index (χ0v) is 14.1. The number of amides is 1. The van der Waals surface area contributed by atoms with Gasteiger partial charge in [-0.05, 0) is 28.7 Å². The van der Waals surface area contributed by atoms with E-state index in [0.717, 1.165) is 6.26 Å². The molecular weight excluding hydrogens is 381 g/mol. The Labute approximate surface area is 126 Å². The minimum absolute atomic E-state index is 0.0275. The molecule has 0 atom stereocenters. The molecule has 0 aromatic carbocycles. The molecule has 0 saturated carbocycles. The highest BCUT2D eigenvalue weighted by Crippen LogP contribution is 2.26. The molecule has 0 spiro atoms. The van der Waals surface area contributed by atoms with Gasteiger partial charge in [-0.15, -0.1) is 0 Å². The number of sulfone groups is 1. The molecule has 1 aromatic rings. The number of nitrogens with one attached hydrogen (secondary N) is 1. The number of carbonyl (C=O) groups excluding carboxylic acids is 1. The van der Waals surface area contributed by atoms with Gasteiger partial charge in [0, 0.05) is 11.7 Å². The normalized spacial score (nSPS) is 12.3. The quantitative estimate of drug-likeness (QED) is 0.739. The second-order valence-corrected chi connectivity index (χ2v) is 8.32. The average molecular weight is 397 g/mol. The topological polar surface area (TPSA) is 102 Å². The summed E-state index contributed by atoms with van der Waals surface area (Å²) in [6.07, 6.45) is 1.06. The van der Waals surface area contributed by atoms with E-state index >= 15 is 0 Å². The van der Waals surface area contributed by atoms with Crippen LogP contribution >= 0.6 is 22.6 Å². The van der Waals surface area contributed by atoms with Gasteiger partial charge in [-0.3, -0.25) is 4.79 Å². The minimum Gasteiger partial charge on any atom is -0.383 e. The van der Waals surface area contributed by atoms with Gasteiger partial charge >= 0.3 is 0 Å². The summed E-state index contributed by atoms with van der Waals surface area (Å²) < 4.78 is 23.9. The molecule has 106 valence electrons. The highest BCUT2D eigenvalue weighted by atomic mass is 127. The van der Waals surface area contributed by atoms with Gasteiger partial charge in [-0.2, -0.15) is 0 Å². The van der Waals surface area contributed by atoms with E-state index in [0.29, 0.717) is 3.57 Å². The van der Waals surface area contributed by atoms with Crippen LogP contribution in [0.3, 0.4) is 0 Å². The number of nitrogen functional groups attached to an aromatic ring is 1. The lowest BCUT2D eigenvalue weighted by atomic mass is 9.96. The van der Waals surface area contributed by atoms with Crippen molar-refractivity contribution >= 4 is 50.0 Å². The van der Waals surface area contributed by atoms with Crippen molar-refractivity contribution in [3.05, 3.63) is 9.64 Å². The first-order chi connectivity index (χ1) is 8.43. The molecule has 0 saturated heterocycles. The summed E-state index contributed by atoms with van der Waals surface area (Å²) in [7, 11) is -3.50. The lowest BCUT2D eigenvalue weighted by Crippen LogP contribution is -2.29. The number of carbonyl (C=O) groups is 1. The molecule has 1 aromatic heterocycles. The number of pyridine rings is 1. The van der Waals surface area contributed by atoms with E-state index in [9.17, 15) is 13.2 Å². The first-order valence-corrected chi connectivity index (χ1v) is 8.37. The van der Waals surface area contributed by atoms with E-state index in [-0.39, 0.29) is 22.4 Å². The third kappa shape index (κ3) is 4.03. The fourth-order valence-electron chi connectivity index (χ4n) is 1.15. The van der Waals surface area contributed by atoms with E-state index in [1.807, 2.05) is 22.6 Å². The molecule has 1 heterocycles. The largest absolute Gasteiger partial charge is 0.383 e. The summed E-state index contributed by atoms with van der Waals surface area (Å²) in [6.45, 7) is 5.16. The maximum absolute atomic E-state index is 11.9. The highest BCUT2D eigenvalue weighted by Gasteiger charge is 2.25. The first kappa shape index (κ1) is 16.2. The molecule has 0 bridgehead atoms. The summed E-state index contributed by atoms with van der Waals surface area (Å²) >= 11 is 1.89. The predicted octanol–water partition coefficient (Wildman–Crippen LogP) is 1.66. The van der Waals surface area contributed by atoms with Crippen LogP contribution in [0.4, 0.5) is 11.6 Å². The van der Waals surface area contributed by atoms with E-state index in [4.69, 9.17) is 5.73 Å². The van der Waals surface area contributed by atoms with Crippen LogP contribution in [0.15, 0.2) is 11.0 Å². The van der Waals surface area contributed by atoms with Crippen LogP contribution in [0.2, 0.25) is 0 Å². The van der Waals surface area contributed by atoms with Crippen molar-refractivity contribution in [2.24, 2.45) is 5.41 Å². The Balaban J connectivity index is 3.35. The Morgan fingerprint density at radius 2 is 1.95 bits per heavy atom. The summed E-state index contributed by atoms with van der Waals surface area (Å²) in [5.41, 5.74) is 4.99. The number of aromatic nitrogens is 1. The van der Waals surface area contributed by atoms with Crippen LogP contribution in [0.1, 0.15) is 20.8 Å². The van der Waals surface area contributed by atoms with E-state index in [1.165, 1.54) is 6.07 Å². The van der Waals surface area contributed by atoms with Crippen LogP contribution in [0.25, 0.3) is 0 Å². The monoisotopic (exact) mass is 397 g/mol. The molecule has 8 heteroatoms. The van der Waals surface area contributed by atoms with E-state index in [2.05, 4.69) is 10.3 Å². The zero-order chi connectivity index (χ0) is 15.0. The van der Waals surface area contributed by atoms with Crippen LogP contribution in [-0.2, 0) is 14.6 Å². The number of rotatable bonds is 2. The van der Waals surface area contributed by atoms with Crippen LogP contribution in [-0.4, -0.2) is 25.6 Å². The van der Waals surface area contributed by atoms with Gasteiger partial charge in [0.25, 0.3) is 0 Å². The Kier molecular flexibility index (Phi) is 4.45. The maximum Gasteiger partial charge on any atom is 0.230 e. The third-order valence-electron chi connectivity index (χ3n) is 2.28. The van der Waals surface area contributed by atoms with E-state index < -0.39 is 15.3 Å².